The summed E-state index contributed by atoms with van der Waals surface area (Å²) in [5.74, 6) is -0.648. The molecule has 1 aliphatic rings. The number of likely N-dealkylation sites (N-methyl/N-ethyl adjacent to an activating group) is 1. The number of hydrogen-bond acceptors (Lipinski definition) is 4. The highest BCUT2D eigenvalue weighted by atomic mass is 32.2. The first kappa shape index (κ1) is 18.8. The number of rotatable bonds is 6. The summed E-state index contributed by atoms with van der Waals surface area (Å²) in [5.41, 5.74) is 2.30. The van der Waals surface area contributed by atoms with Crippen molar-refractivity contribution in [3.8, 4) is 5.75 Å². The van der Waals surface area contributed by atoms with Crippen LogP contribution in [0, 0.1) is 5.82 Å². The molecule has 0 bridgehead atoms. The van der Waals surface area contributed by atoms with E-state index in [1.165, 1.54) is 29.0 Å². The van der Waals surface area contributed by atoms with Gasteiger partial charge in [0.05, 0.1) is 24.2 Å². The van der Waals surface area contributed by atoms with E-state index in [-0.39, 0.29) is 23.3 Å². The Morgan fingerprint density at radius 2 is 1.96 bits per heavy atom. The number of nitrogens with zero attached hydrogens (tertiary/aromatic N) is 1. The zero-order valence-electron chi connectivity index (χ0n) is 14.8. The van der Waals surface area contributed by atoms with E-state index in [1.807, 2.05) is 24.3 Å². The first-order valence-corrected chi connectivity index (χ1v) is 9.93. The summed E-state index contributed by atoms with van der Waals surface area (Å²) >= 11 is 0. The third-order valence-corrected chi connectivity index (χ3v) is 6.23. The Labute approximate surface area is 153 Å². The van der Waals surface area contributed by atoms with Crippen LogP contribution >= 0.6 is 0 Å². The van der Waals surface area contributed by atoms with Crippen molar-refractivity contribution in [3.63, 3.8) is 0 Å². The topological polar surface area (TPSA) is 55.8 Å². The van der Waals surface area contributed by atoms with Gasteiger partial charge in [0.15, 0.2) is 11.6 Å². The van der Waals surface area contributed by atoms with Gasteiger partial charge in [-0.25, -0.2) is 12.8 Å². The van der Waals surface area contributed by atoms with Gasteiger partial charge in [0.2, 0.25) is 10.0 Å². The van der Waals surface area contributed by atoms with E-state index in [2.05, 4.69) is 0 Å². The summed E-state index contributed by atoms with van der Waals surface area (Å²) in [6.07, 6.45) is 0.408. The second-order valence-corrected chi connectivity index (χ2v) is 8.26. The van der Waals surface area contributed by atoms with Gasteiger partial charge in [-0.05, 0) is 36.2 Å². The van der Waals surface area contributed by atoms with Gasteiger partial charge >= 0.3 is 0 Å². The predicted octanol–water partition coefficient (Wildman–Crippen LogP) is 2.99. The molecule has 2 aromatic carbocycles. The Bertz CT molecular complexity index is 885. The molecular weight excluding hydrogens is 357 g/mol. The summed E-state index contributed by atoms with van der Waals surface area (Å²) in [7, 11) is -2.33. The first-order valence-electron chi connectivity index (χ1n) is 8.49. The van der Waals surface area contributed by atoms with Crippen LogP contribution in [0.2, 0.25) is 0 Å². The van der Waals surface area contributed by atoms with Crippen LogP contribution in [0.5, 0.6) is 5.75 Å². The fraction of sp³-hybridized carbons (Fsp3) is 0.368. The largest absolute Gasteiger partial charge is 0.491 e. The van der Waals surface area contributed by atoms with E-state index in [1.54, 1.807) is 6.92 Å². The third kappa shape index (κ3) is 3.90. The highest BCUT2D eigenvalue weighted by Crippen LogP contribution is 2.25. The minimum absolute atomic E-state index is 0.0429. The van der Waals surface area contributed by atoms with E-state index in [0.29, 0.717) is 19.6 Å². The Balaban J connectivity index is 1.73. The van der Waals surface area contributed by atoms with E-state index in [9.17, 15) is 12.8 Å². The van der Waals surface area contributed by atoms with E-state index >= 15 is 0 Å². The molecule has 1 unspecified atom stereocenters. The smallest absolute Gasteiger partial charge is 0.243 e. The van der Waals surface area contributed by atoms with Crippen LogP contribution in [-0.4, -0.2) is 39.0 Å². The molecule has 2 aromatic rings. The molecule has 140 valence electrons. The lowest BCUT2D eigenvalue weighted by Gasteiger charge is -2.28. The third-order valence-electron chi connectivity index (χ3n) is 4.41. The van der Waals surface area contributed by atoms with Crippen LogP contribution in [-0.2, 0) is 27.8 Å². The maximum Gasteiger partial charge on any atom is 0.243 e. The van der Waals surface area contributed by atoms with Gasteiger partial charge in [0.25, 0.3) is 0 Å². The molecule has 0 saturated heterocycles. The molecular formula is C19H22FNO4S. The molecule has 1 atom stereocenters. The second kappa shape index (κ2) is 7.73. The number of ether oxygens (including phenoxy) is 2. The van der Waals surface area contributed by atoms with Crippen molar-refractivity contribution >= 4 is 10.0 Å². The summed E-state index contributed by atoms with van der Waals surface area (Å²) in [6.45, 7) is 2.71. The predicted molar refractivity (Wildman–Crippen MR) is 96.1 cm³/mol. The summed E-state index contributed by atoms with van der Waals surface area (Å²) < 4.78 is 51.6. The molecule has 7 heteroatoms. The molecule has 0 aliphatic carbocycles. The highest BCUT2D eigenvalue weighted by molar-refractivity contribution is 7.89. The maximum atomic E-state index is 14.0. The molecule has 26 heavy (non-hydrogen) atoms. The molecule has 3 rings (SSSR count). The van der Waals surface area contributed by atoms with E-state index in [0.717, 1.165) is 11.6 Å². The number of benzene rings is 2. The Morgan fingerprint density at radius 1 is 1.23 bits per heavy atom. The van der Waals surface area contributed by atoms with Crippen LogP contribution in [0.25, 0.3) is 0 Å². The van der Waals surface area contributed by atoms with E-state index in [4.69, 9.17) is 9.47 Å². The average Bonchev–Trinajstić information content (AvgIpc) is 2.63. The number of sulfonamides is 1. The molecule has 0 aromatic heterocycles. The fourth-order valence-corrected chi connectivity index (χ4v) is 4.22. The molecule has 0 saturated carbocycles. The molecule has 1 heterocycles. The minimum Gasteiger partial charge on any atom is -0.491 e. The lowest BCUT2D eigenvalue weighted by Crippen LogP contribution is -2.38. The van der Waals surface area contributed by atoms with Crippen molar-refractivity contribution in [1.29, 1.82) is 0 Å². The SMILES string of the molecule is CCOc1ccc(S(=O)(=O)N(C)CC2Cc3ccccc3CO2)cc1F. The lowest BCUT2D eigenvalue weighted by atomic mass is 9.99. The monoisotopic (exact) mass is 379 g/mol. The van der Waals surface area contributed by atoms with Gasteiger partial charge in [0.1, 0.15) is 0 Å². The van der Waals surface area contributed by atoms with Gasteiger partial charge in [-0.1, -0.05) is 24.3 Å². The van der Waals surface area contributed by atoms with Crippen molar-refractivity contribution in [2.45, 2.75) is 31.0 Å². The second-order valence-electron chi connectivity index (χ2n) is 6.22. The van der Waals surface area contributed by atoms with Crippen LogP contribution < -0.4 is 4.74 Å². The van der Waals surface area contributed by atoms with Crippen molar-refractivity contribution in [2.75, 3.05) is 20.2 Å². The van der Waals surface area contributed by atoms with Crippen LogP contribution in [0.15, 0.2) is 47.4 Å². The van der Waals surface area contributed by atoms with Gasteiger partial charge < -0.3 is 9.47 Å². The standard InChI is InChI=1S/C19H22FNO4S/c1-3-24-19-9-8-17(11-18(19)20)26(22,23)21(2)12-16-10-14-6-4-5-7-15(14)13-25-16/h4-9,11,16H,3,10,12-13H2,1-2H3. The lowest BCUT2D eigenvalue weighted by molar-refractivity contribution is 0.0202. The van der Waals surface area contributed by atoms with Crippen LogP contribution in [0.4, 0.5) is 4.39 Å². The molecule has 0 amide bonds. The van der Waals surface area contributed by atoms with Crippen LogP contribution in [0.1, 0.15) is 18.1 Å². The number of hydrogen-bond donors (Lipinski definition) is 0. The number of halogens is 1. The van der Waals surface area contributed by atoms with Crippen molar-refractivity contribution in [2.24, 2.45) is 0 Å². The zero-order valence-corrected chi connectivity index (χ0v) is 15.6. The molecule has 0 N–H and O–H groups in total. The Kier molecular flexibility index (Phi) is 5.60. The Morgan fingerprint density at radius 3 is 2.65 bits per heavy atom. The maximum absolute atomic E-state index is 14.0. The fourth-order valence-electron chi connectivity index (χ4n) is 3.01. The van der Waals surface area contributed by atoms with Gasteiger partial charge in [0, 0.05) is 20.0 Å². The minimum atomic E-state index is -3.81. The molecule has 0 spiro atoms. The highest BCUT2D eigenvalue weighted by Gasteiger charge is 2.27. The quantitative estimate of drug-likeness (QED) is 0.774. The molecule has 1 aliphatic heterocycles. The van der Waals surface area contributed by atoms with E-state index < -0.39 is 15.8 Å². The zero-order chi connectivity index (χ0) is 18.7. The molecule has 5 nitrogen and oxygen atoms in total. The van der Waals surface area contributed by atoms with Crippen molar-refractivity contribution in [1.82, 2.24) is 4.31 Å². The Hall–Kier alpha value is -1.96. The van der Waals surface area contributed by atoms with Gasteiger partial charge in [-0.15, -0.1) is 0 Å². The first-order chi connectivity index (χ1) is 12.4. The normalized spacial score (nSPS) is 17.2. The molecule has 0 fully saturated rings. The summed E-state index contributed by atoms with van der Waals surface area (Å²) in [6, 6.07) is 11.7. The summed E-state index contributed by atoms with van der Waals surface area (Å²) in [4.78, 5) is -0.0998. The summed E-state index contributed by atoms with van der Waals surface area (Å²) in [5, 5.41) is 0. The average molecular weight is 379 g/mol. The number of fused-ring (bicyclic) bond motifs is 1. The van der Waals surface area contributed by atoms with Gasteiger partial charge in [-0.2, -0.15) is 4.31 Å². The van der Waals surface area contributed by atoms with Crippen molar-refractivity contribution in [3.05, 3.63) is 59.4 Å². The van der Waals surface area contributed by atoms with Crippen molar-refractivity contribution < 1.29 is 22.3 Å². The van der Waals surface area contributed by atoms with Crippen LogP contribution in [0.3, 0.4) is 0 Å². The molecule has 0 radical (unpaired) electrons. The van der Waals surface area contributed by atoms with Gasteiger partial charge in [-0.3, -0.25) is 0 Å².